The number of hydrogen-bond acceptors (Lipinski definition) is 3. The maximum atomic E-state index is 5.58. The molecule has 1 aliphatic carbocycles. The Hall–Kier alpha value is -0.840. The zero-order chi connectivity index (χ0) is 13.5. The van der Waals surface area contributed by atoms with Crippen molar-refractivity contribution in [3.8, 4) is 0 Å². The topological polar surface area (TPSA) is 35.4 Å². The summed E-state index contributed by atoms with van der Waals surface area (Å²) in [5, 5.41) is 3.43. The number of aromatic nitrogens is 1. The zero-order valence-corrected chi connectivity index (χ0v) is 12.1. The average Bonchev–Trinajstić information content (AvgIpc) is 3.14. The second-order valence-corrected chi connectivity index (χ2v) is 5.25. The summed E-state index contributed by atoms with van der Waals surface area (Å²) >= 11 is 0. The Morgan fingerprint density at radius 1 is 1.37 bits per heavy atom. The van der Waals surface area contributed by atoms with Gasteiger partial charge in [0.15, 0.2) is 0 Å². The molecule has 4 nitrogen and oxygen atoms in total. The first-order valence-electron chi connectivity index (χ1n) is 7.24. The highest BCUT2D eigenvalue weighted by Crippen LogP contribution is 2.40. The molecule has 1 fully saturated rings. The number of nitrogens with one attached hydrogen (secondary N) is 1. The predicted molar refractivity (Wildman–Crippen MR) is 76.3 cm³/mol. The highest BCUT2D eigenvalue weighted by molar-refractivity contribution is 5.18. The zero-order valence-electron chi connectivity index (χ0n) is 12.1. The molecule has 1 heterocycles. The molecule has 1 aromatic heterocycles. The summed E-state index contributed by atoms with van der Waals surface area (Å²) in [6.45, 7) is 3.25. The van der Waals surface area contributed by atoms with Crippen LogP contribution < -0.4 is 5.32 Å². The normalized spacial score (nSPS) is 16.7. The van der Waals surface area contributed by atoms with Gasteiger partial charge in [0.1, 0.15) is 0 Å². The van der Waals surface area contributed by atoms with Crippen molar-refractivity contribution >= 4 is 0 Å². The van der Waals surface area contributed by atoms with Crippen molar-refractivity contribution in [1.29, 1.82) is 0 Å². The SMILES string of the molecule is CNC(c1ccn(CCOCCCOC)c1)C1CC1. The summed E-state index contributed by atoms with van der Waals surface area (Å²) < 4.78 is 12.8. The molecule has 1 N–H and O–H groups in total. The third-order valence-corrected chi connectivity index (χ3v) is 3.67. The molecular weight excluding hydrogens is 240 g/mol. The molecule has 108 valence electrons. The number of hydrogen-bond donors (Lipinski definition) is 1. The van der Waals surface area contributed by atoms with E-state index in [1.807, 2.05) is 0 Å². The fourth-order valence-electron chi connectivity index (χ4n) is 2.46. The summed E-state index contributed by atoms with van der Waals surface area (Å²) in [7, 11) is 3.78. The minimum Gasteiger partial charge on any atom is -0.385 e. The molecule has 0 spiro atoms. The van der Waals surface area contributed by atoms with Gasteiger partial charge in [0.2, 0.25) is 0 Å². The van der Waals surface area contributed by atoms with E-state index < -0.39 is 0 Å². The Morgan fingerprint density at radius 3 is 2.89 bits per heavy atom. The molecule has 0 saturated heterocycles. The van der Waals surface area contributed by atoms with E-state index in [1.54, 1.807) is 7.11 Å². The number of nitrogens with zero attached hydrogens (tertiary/aromatic N) is 1. The van der Waals surface area contributed by atoms with Gasteiger partial charge in [-0.05, 0) is 43.9 Å². The van der Waals surface area contributed by atoms with Crippen LogP contribution >= 0.6 is 0 Å². The summed E-state index contributed by atoms with van der Waals surface area (Å²) in [6, 6.07) is 2.76. The molecule has 1 aliphatic rings. The van der Waals surface area contributed by atoms with Crippen LogP contribution in [0, 0.1) is 5.92 Å². The van der Waals surface area contributed by atoms with Crippen molar-refractivity contribution in [3.63, 3.8) is 0 Å². The molecule has 19 heavy (non-hydrogen) atoms. The van der Waals surface area contributed by atoms with Crippen LogP contribution in [0.3, 0.4) is 0 Å². The van der Waals surface area contributed by atoms with Crippen LogP contribution in [0.15, 0.2) is 18.5 Å². The van der Waals surface area contributed by atoms with Crippen molar-refractivity contribution < 1.29 is 9.47 Å². The van der Waals surface area contributed by atoms with Crippen molar-refractivity contribution in [3.05, 3.63) is 24.0 Å². The van der Waals surface area contributed by atoms with Crippen molar-refractivity contribution in [2.45, 2.75) is 31.8 Å². The van der Waals surface area contributed by atoms with Crippen molar-refractivity contribution in [1.82, 2.24) is 9.88 Å². The van der Waals surface area contributed by atoms with Crippen molar-refractivity contribution in [2.75, 3.05) is 34.0 Å². The first-order valence-corrected chi connectivity index (χ1v) is 7.24. The lowest BCUT2D eigenvalue weighted by Crippen LogP contribution is -2.17. The van der Waals surface area contributed by atoms with Gasteiger partial charge in [-0.3, -0.25) is 0 Å². The molecule has 0 amide bonds. The largest absolute Gasteiger partial charge is 0.385 e. The smallest absolute Gasteiger partial charge is 0.0645 e. The van der Waals surface area contributed by atoms with E-state index in [0.717, 1.165) is 38.7 Å². The molecule has 0 bridgehead atoms. The average molecular weight is 266 g/mol. The van der Waals surface area contributed by atoms with E-state index in [0.29, 0.717) is 6.04 Å². The highest BCUT2D eigenvalue weighted by atomic mass is 16.5. The minimum atomic E-state index is 0.531. The van der Waals surface area contributed by atoms with Crippen LogP contribution in [-0.2, 0) is 16.0 Å². The van der Waals surface area contributed by atoms with E-state index >= 15 is 0 Å². The summed E-state index contributed by atoms with van der Waals surface area (Å²) in [4.78, 5) is 0. The van der Waals surface area contributed by atoms with Gasteiger partial charge in [-0.1, -0.05) is 0 Å². The van der Waals surface area contributed by atoms with Gasteiger partial charge in [0.05, 0.1) is 6.61 Å². The second kappa shape index (κ2) is 7.68. The molecule has 2 rings (SSSR count). The van der Waals surface area contributed by atoms with Crippen molar-refractivity contribution in [2.24, 2.45) is 5.92 Å². The molecule has 0 aromatic carbocycles. The maximum Gasteiger partial charge on any atom is 0.0645 e. The van der Waals surface area contributed by atoms with Gasteiger partial charge in [-0.15, -0.1) is 0 Å². The monoisotopic (exact) mass is 266 g/mol. The maximum absolute atomic E-state index is 5.58. The van der Waals surface area contributed by atoms with E-state index in [9.17, 15) is 0 Å². The van der Waals surface area contributed by atoms with Gasteiger partial charge in [-0.25, -0.2) is 0 Å². The lowest BCUT2D eigenvalue weighted by Gasteiger charge is -2.13. The summed E-state index contributed by atoms with van der Waals surface area (Å²) in [5.74, 6) is 0.839. The lowest BCUT2D eigenvalue weighted by atomic mass is 10.1. The van der Waals surface area contributed by atoms with Crippen LogP contribution in [0.25, 0.3) is 0 Å². The van der Waals surface area contributed by atoms with Gasteiger partial charge >= 0.3 is 0 Å². The van der Waals surface area contributed by atoms with Crippen LogP contribution in [0.1, 0.15) is 30.9 Å². The Labute approximate surface area is 116 Å². The molecule has 1 saturated carbocycles. The molecular formula is C15H26N2O2. The van der Waals surface area contributed by atoms with Gasteiger partial charge in [0.25, 0.3) is 0 Å². The van der Waals surface area contributed by atoms with Crippen LogP contribution in [0.5, 0.6) is 0 Å². The summed E-state index contributed by atoms with van der Waals surface area (Å²) in [6.07, 6.45) is 8.09. The second-order valence-electron chi connectivity index (χ2n) is 5.25. The van der Waals surface area contributed by atoms with E-state index in [4.69, 9.17) is 9.47 Å². The quantitative estimate of drug-likeness (QED) is 0.660. The Balaban J connectivity index is 1.68. The first-order chi connectivity index (χ1) is 9.35. The highest BCUT2D eigenvalue weighted by Gasteiger charge is 2.31. The van der Waals surface area contributed by atoms with Crippen LogP contribution in [0.2, 0.25) is 0 Å². The molecule has 1 unspecified atom stereocenters. The third kappa shape index (κ3) is 4.64. The van der Waals surface area contributed by atoms with Gasteiger partial charge < -0.3 is 19.4 Å². The van der Waals surface area contributed by atoms with E-state index in [-0.39, 0.29) is 0 Å². The number of methoxy groups -OCH3 is 1. The predicted octanol–water partition coefficient (Wildman–Crippen LogP) is 2.21. The van der Waals surface area contributed by atoms with Gasteiger partial charge in [0, 0.05) is 45.3 Å². The Morgan fingerprint density at radius 2 is 2.21 bits per heavy atom. The number of ether oxygens (including phenoxy) is 2. The Kier molecular flexibility index (Phi) is 5.89. The lowest BCUT2D eigenvalue weighted by molar-refractivity contribution is 0.0977. The van der Waals surface area contributed by atoms with Gasteiger partial charge in [-0.2, -0.15) is 0 Å². The van der Waals surface area contributed by atoms with Crippen LogP contribution in [0.4, 0.5) is 0 Å². The molecule has 0 radical (unpaired) electrons. The standard InChI is InChI=1S/C15H26N2O2/c1-16-15(13-4-5-13)14-6-7-17(12-14)8-11-19-10-3-9-18-2/h6-7,12-13,15-16H,3-5,8-11H2,1-2H3. The minimum absolute atomic E-state index is 0.531. The number of rotatable bonds is 10. The molecule has 0 aliphatic heterocycles. The van der Waals surface area contributed by atoms with Crippen LogP contribution in [-0.4, -0.2) is 38.5 Å². The molecule has 4 heteroatoms. The fourth-order valence-corrected chi connectivity index (χ4v) is 2.46. The first kappa shape index (κ1) is 14.6. The van der Waals surface area contributed by atoms with E-state index in [1.165, 1.54) is 18.4 Å². The molecule has 1 atom stereocenters. The molecule has 1 aromatic rings. The fraction of sp³-hybridized carbons (Fsp3) is 0.733. The summed E-state index contributed by atoms with van der Waals surface area (Å²) in [5.41, 5.74) is 1.41. The third-order valence-electron chi connectivity index (χ3n) is 3.67. The van der Waals surface area contributed by atoms with E-state index in [2.05, 4.69) is 35.4 Å². The Bertz CT molecular complexity index is 361.